The van der Waals surface area contributed by atoms with Crippen molar-refractivity contribution in [2.45, 2.75) is 13.0 Å². The molecule has 0 fully saturated rings. The van der Waals surface area contributed by atoms with E-state index in [1.54, 1.807) is 19.1 Å². The van der Waals surface area contributed by atoms with Crippen molar-refractivity contribution in [3.05, 3.63) is 62.4 Å². The molecule has 0 saturated heterocycles. The predicted molar refractivity (Wildman–Crippen MR) is 79.9 cm³/mol. The van der Waals surface area contributed by atoms with Crippen molar-refractivity contribution in [1.82, 2.24) is 0 Å². The summed E-state index contributed by atoms with van der Waals surface area (Å²) >= 11 is 3.18. The van der Waals surface area contributed by atoms with Crippen LogP contribution in [0.4, 0.5) is 10.1 Å². The highest BCUT2D eigenvalue weighted by Crippen LogP contribution is 2.40. The van der Waals surface area contributed by atoms with Crippen molar-refractivity contribution < 1.29 is 14.1 Å². The number of rotatable bonds is 4. The molecule has 0 unspecified atom stereocenters. The zero-order chi connectivity index (χ0) is 15.6. The third-order valence-electron chi connectivity index (χ3n) is 2.84. The van der Waals surface area contributed by atoms with Gasteiger partial charge >= 0.3 is 5.69 Å². The SMILES string of the molecule is C[C@H](N)c1cccc(F)c1Oc1c(Br)cccc1[N+](=O)[O-]. The van der Waals surface area contributed by atoms with Crippen LogP contribution >= 0.6 is 15.9 Å². The van der Waals surface area contributed by atoms with Gasteiger partial charge in [-0.2, -0.15) is 0 Å². The second-order valence-electron chi connectivity index (χ2n) is 4.39. The molecule has 0 heterocycles. The molecule has 0 spiro atoms. The first kappa shape index (κ1) is 15.4. The third kappa shape index (κ3) is 3.20. The van der Waals surface area contributed by atoms with Crippen LogP contribution in [-0.2, 0) is 0 Å². The van der Waals surface area contributed by atoms with E-state index in [0.717, 1.165) is 0 Å². The third-order valence-corrected chi connectivity index (χ3v) is 3.46. The highest BCUT2D eigenvalue weighted by molar-refractivity contribution is 9.10. The van der Waals surface area contributed by atoms with E-state index in [2.05, 4.69) is 15.9 Å². The Bertz CT molecular complexity index is 692. The smallest absolute Gasteiger partial charge is 0.312 e. The van der Waals surface area contributed by atoms with E-state index in [9.17, 15) is 14.5 Å². The first-order chi connectivity index (χ1) is 9.91. The summed E-state index contributed by atoms with van der Waals surface area (Å²) in [5.41, 5.74) is 5.95. The molecule has 0 aliphatic heterocycles. The van der Waals surface area contributed by atoms with E-state index < -0.39 is 16.8 Å². The van der Waals surface area contributed by atoms with Gasteiger partial charge in [-0.05, 0) is 35.0 Å². The molecule has 0 saturated carbocycles. The summed E-state index contributed by atoms with van der Waals surface area (Å²) in [6, 6.07) is 8.23. The van der Waals surface area contributed by atoms with E-state index >= 15 is 0 Å². The van der Waals surface area contributed by atoms with Gasteiger partial charge in [0.2, 0.25) is 5.75 Å². The lowest BCUT2D eigenvalue weighted by Crippen LogP contribution is -2.08. The number of halogens is 2. The van der Waals surface area contributed by atoms with Gasteiger partial charge in [-0.1, -0.05) is 18.2 Å². The maximum atomic E-state index is 14.0. The summed E-state index contributed by atoms with van der Waals surface area (Å²) in [5.74, 6) is -0.799. The van der Waals surface area contributed by atoms with Crippen LogP contribution in [0.3, 0.4) is 0 Å². The van der Waals surface area contributed by atoms with Crippen LogP contribution in [0, 0.1) is 15.9 Å². The fourth-order valence-electron chi connectivity index (χ4n) is 1.84. The van der Waals surface area contributed by atoms with Gasteiger partial charge in [0.1, 0.15) is 0 Å². The summed E-state index contributed by atoms with van der Waals surface area (Å²) in [7, 11) is 0. The number of hydrogen-bond acceptors (Lipinski definition) is 4. The minimum Gasteiger partial charge on any atom is -0.445 e. The number of ether oxygens (including phenoxy) is 1. The van der Waals surface area contributed by atoms with E-state index in [1.807, 2.05) is 0 Å². The van der Waals surface area contributed by atoms with E-state index in [1.165, 1.54) is 24.3 Å². The van der Waals surface area contributed by atoms with Crippen LogP contribution in [-0.4, -0.2) is 4.92 Å². The first-order valence-electron chi connectivity index (χ1n) is 6.06. The zero-order valence-electron chi connectivity index (χ0n) is 11.0. The summed E-state index contributed by atoms with van der Waals surface area (Å²) in [5, 5.41) is 11.1. The minimum atomic E-state index is -0.630. The lowest BCUT2D eigenvalue weighted by Gasteiger charge is -2.15. The lowest BCUT2D eigenvalue weighted by atomic mass is 10.1. The normalized spacial score (nSPS) is 12.0. The van der Waals surface area contributed by atoms with Crippen LogP contribution in [0.5, 0.6) is 11.5 Å². The van der Waals surface area contributed by atoms with Crippen molar-refractivity contribution in [1.29, 1.82) is 0 Å². The summed E-state index contributed by atoms with van der Waals surface area (Å²) in [6.07, 6.45) is 0. The van der Waals surface area contributed by atoms with Gasteiger partial charge in [-0.3, -0.25) is 10.1 Å². The molecule has 2 aromatic carbocycles. The molecule has 0 aromatic heterocycles. The van der Waals surface area contributed by atoms with Gasteiger partial charge in [0, 0.05) is 17.7 Å². The molecule has 21 heavy (non-hydrogen) atoms. The maximum absolute atomic E-state index is 14.0. The molecule has 2 rings (SSSR count). The van der Waals surface area contributed by atoms with Crippen LogP contribution in [0.1, 0.15) is 18.5 Å². The van der Waals surface area contributed by atoms with Crippen molar-refractivity contribution in [3.8, 4) is 11.5 Å². The van der Waals surface area contributed by atoms with Crippen molar-refractivity contribution in [2.24, 2.45) is 5.73 Å². The number of benzene rings is 2. The molecule has 0 amide bonds. The Morgan fingerprint density at radius 1 is 1.29 bits per heavy atom. The quantitative estimate of drug-likeness (QED) is 0.655. The average molecular weight is 355 g/mol. The van der Waals surface area contributed by atoms with Crippen molar-refractivity contribution in [3.63, 3.8) is 0 Å². The van der Waals surface area contributed by atoms with Gasteiger partial charge in [0.05, 0.1) is 9.40 Å². The summed E-state index contributed by atoms with van der Waals surface area (Å²) in [4.78, 5) is 10.5. The fraction of sp³-hybridized carbons (Fsp3) is 0.143. The van der Waals surface area contributed by atoms with Crippen LogP contribution < -0.4 is 10.5 Å². The van der Waals surface area contributed by atoms with E-state index in [0.29, 0.717) is 10.0 Å². The molecular formula is C14H12BrFN2O3. The number of nitro benzene ring substituents is 1. The molecular weight excluding hydrogens is 343 g/mol. The number of nitrogens with zero attached hydrogens (tertiary/aromatic N) is 1. The molecule has 1 atom stereocenters. The predicted octanol–water partition coefficient (Wildman–Crippen LogP) is 4.31. The molecule has 5 nitrogen and oxygen atoms in total. The van der Waals surface area contributed by atoms with Gasteiger partial charge in [0.25, 0.3) is 0 Å². The number of nitrogens with two attached hydrogens (primary N) is 1. The van der Waals surface area contributed by atoms with E-state index in [-0.39, 0.29) is 17.2 Å². The maximum Gasteiger partial charge on any atom is 0.312 e. The second-order valence-corrected chi connectivity index (χ2v) is 5.25. The lowest BCUT2D eigenvalue weighted by molar-refractivity contribution is -0.385. The monoisotopic (exact) mass is 354 g/mol. The Morgan fingerprint density at radius 3 is 2.57 bits per heavy atom. The Labute approximate surface area is 128 Å². The molecule has 110 valence electrons. The highest BCUT2D eigenvalue weighted by Gasteiger charge is 2.22. The summed E-state index contributed by atoms with van der Waals surface area (Å²) < 4.78 is 19.8. The number of hydrogen-bond donors (Lipinski definition) is 1. The van der Waals surface area contributed by atoms with Gasteiger partial charge in [-0.25, -0.2) is 4.39 Å². The molecule has 2 N–H and O–H groups in total. The average Bonchev–Trinajstić information content (AvgIpc) is 2.42. The number of para-hydroxylation sites is 2. The Balaban J connectivity index is 2.56. The van der Waals surface area contributed by atoms with E-state index in [4.69, 9.17) is 10.5 Å². The largest absolute Gasteiger partial charge is 0.445 e. The second kappa shape index (κ2) is 6.19. The van der Waals surface area contributed by atoms with Crippen LogP contribution in [0.15, 0.2) is 40.9 Å². The van der Waals surface area contributed by atoms with Crippen LogP contribution in [0.2, 0.25) is 0 Å². The van der Waals surface area contributed by atoms with Crippen molar-refractivity contribution >= 4 is 21.6 Å². The molecule has 0 aliphatic rings. The van der Waals surface area contributed by atoms with Crippen LogP contribution in [0.25, 0.3) is 0 Å². The highest BCUT2D eigenvalue weighted by atomic mass is 79.9. The Hall–Kier alpha value is -1.99. The Morgan fingerprint density at radius 2 is 1.95 bits per heavy atom. The van der Waals surface area contributed by atoms with Gasteiger partial charge in [-0.15, -0.1) is 0 Å². The standard InChI is InChI=1S/C14H12BrFN2O3/c1-8(17)9-4-2-6-11(16)13(9)21-14-10(15)5-3-7-12(14)18(19)20/h2-8H,17H2,1H3/t8-/m0/s1. The molecule has 0 bridgehead atoms. The summed E-state index contributed by atoms with van der Waals surface area (Å²) in [6.45, 7) is 1.68. The molecule has 7 heteroatoms. The fourth-order valence-corrected chi connectivity index (χ4v) is 2.27. The molecule has 0 radical (unpaired) electrons. The van der Waals surface area contributed by atoms with Gasteiger partial charge in [0.15, 0.2) is 11.6 Å². The number of nitro groups is 1. The Kier molecular flexibility index (Phi) is 4.54. The van der Waals surface area contributed by atoms with Crippen molar-refractivity contribution in [2.75, 3.05) is 0 Å². The molecule has 0 aliphatic carbocycles. The molecule has 2 aromatic rings. The van der Waals surface area contributed by atoms with Gasteiger partial charge < -0.3 is 10.5 Å². The minimum absolute atomic E-state index is 0.0606. The first-order valence-corrected chi connectivity index (χ1v) is 6.86. The zero-order valence-corrected chi connectivity index (χ0v) is 12.6. The topological polar surface area (TPSA) is 78.4 Å².